The van der Waals surface area contributed by atoms with Gasteiger partial charge in [-0.05, 0) is 73.7 Å². The molecule has 2 N–H and O–H groups in total. The molecule has 10 heteroatoms. The molecule has 9 nitrogen and oxygen atoms in total. The van der Waals surface area contributed by atoms with Crippen LogP contribution in [-0.4, -0.2) is 58.4 Å². The molecule has 0 radical (unpaired) electrons. The number of nitrogens with zero attached hydrogens (tertiary/aromatic N) is 1. The molecule has 2 amide bonds. The lowest BCUT2D eigenvalue weighted by Gasteiger charge is -2.17. The maximum atomic E-state index is 13.2. The Labute approximate surface area is 229 Å². The fraction of sp³-hybridized carbons (Fsp3) is 0.310. The van der Waals surface area contributed by atoms with Crippen LogP contribution in [-0.2, 0) is 16.4 Å². The van der Waals surface area contributed by atoms with Crippen LogP contribution in [0.2, 0.25) is 0 Å². The van der Waals surface area contributed by atoms with E-state index in [1.165, 1.54) is 16.4 Å². The van der Waals surface area contributed by atoms with E-state index in [-0.39, 0.29) is 16.4 Å². The number of hydrogen-bond donors (Lipinski definition) is 2. The van der Waals surface area contributed by atoms with E-state index < -0.39 is 15.9 Å². The van der Waals surface area contributed by atoms with E-state index in [2.05, 4.69) is 10.6 Å². The van der Waals surface area contributed by atoms with Gasteiger partial charge in [-0.1, -0.05) is 24.3 Å². The molecule has 1 fully saturated rings. The second kappa shape index (κ2) is 12.3. The van der Waals surface area contributed by atoms with Crippen molar-refractivity contribution < 1.29 is 27.5 Å². The zero-order chi connectivity index (χ0) is 28.0. The monoisotopic (exact) mass is 551 g/mol. The number of rotatable bonds is 10. The van der Waals surface area contributed by atoms with Crippen molar-refractivity contribution in [3.05, 3.63) is 82.9 Å². The first-order valence-electron chi connectivity index (χ1n) is 12.7. The number of anilines is 1. The average molecular weight is 552 g/mol. The minimum Gasteiger partial charge on any atom is -0.493 e. The summed E-state index contributed by atoms with van der Waals surface area (Å²) in [6.07, 6.45) is 2.22. The quantitative estimate of drug-likeness (QED) is 0.394. The van der Waals surface area contributed by atoms with Crippen molar-refractivity contribution in [2.45, 2.75) is 31.1 Å². The van der Waals surface area contributed by atoms with Gasteiger partial charge in [0.25, 0.3) is 11.8 Å². The summed E-state index contributed by atoms with van der Waals surface area (Å²) in [5.74, 6) is 0.413. The summed E-state index contributed by atoms with van der Waals surface area (Å²) in [6, 6.07) is 16.8. The molecule has 1 heterocycles. The van der Waals surface area contributed by atoms with E-state index in [1.54, 1.807) is 51.5 Å². The third-order valence-electron chi connectivity index (χ3n) is 6.72. The molecule has 3 aromatic rings. The summed E-state index contributed by atoms with van der Waals surface area (Å²) in [5.41, 5.74) is 2.47. The van der Waals surface area contributed by atoms with E-state index in [0.717, 1.165) is 18.4 Å². The molecule has 0 atom stereocenters. The average Bonchev–Trinajstić information content (AvgIpc) is 3.49. The highest BCUT2D eigenvalue weighted by Crippen LogP contribution is 2.28. The molecule has 3 aromatic carbocycles. The van der Waals surface area contributed by atoms with Gasteiger partial charge in [0.15, 0.2) is 11.5 Å². The largest absolute Gasteiger partial charge is 0.493 e. The highest BCUT2D eigenvalue weighted by Gasteiger charge is 2.28. The third-order valence-corrected chi connectivity index (χ3v) is 8.62. The number of benzene rings is 3. The fourth-order valence-corrected chi connectivity index (χ4v) is 6.06. The van der Waals surface area contributed by atoms with Crippen LogP contribution in [0.4, 0.5) is 5.69 Å². The van der Waals surface area contributed by atoms with E-state index in [9.17, 15) is 18.0 Å². The Balaban J connectivity index is 1.46. The summed E-state index contributed by atoms with van der Waals surface area (Å²) < 4.78 is 38.1. The van der Waals surface area contributed by atoms with Gasteiger partial charge >= 0.3 is 0 Å². The number of amides is 2. The molecule has 0 spiro atoms. The van der Waals surface area contributed by atoms with Gasteiger partial charge in [0, 0.05) is 25.2 Å². The Morgan fingerprint density at radius 1 is 0.872 bits per heavy atom. The summed E-state index contributed by atoms with van der Waals surface area (Å²) in [5, 5.41) is 5.69. The van der Waals surface area contributed by atoms with Crippen LogP contribution in [0.25, 0.3) is 0 Å². The zero-order valence-corrected chi connectivity index (χ0v) is 23.1. The molecule has 0 saturated carbocycles. The first kappa shape index (κ1) is 28.1. The van der Waals surface area contributed by atoms with Crippen molar-refractivity contribution in [2.75, 3.05) is 39.2 Å². The van der Waals surface area contributed by atoms with Crippen LogP contribution in [0.1, 0.15) is 44.7 Å². The Kier molecular flexibility index (Phi) is 8.88. The molecule has 0 bridgehead atoms. The van der Waals surface area contributed by atoms with Gasteiger partial charge in [-0.25, -0.2) is 8.42 Å². The second-order valence-corrected chi connectivity index (χ2v) is 11.2. The van der Waals surface area contributed by atoms with Gasteiger partial charge in [0.05, 0.1) is 30.4 Å². The molecule has 1 aliphatic heterocycles. The number of para-hydroxylation sites is 1. The van der Waals surface area contributed by atoms with E-state index in [1.807, 2.05) is 18.2 Å². The predicted octanol–water partition coefficient (Wildman–Crippen LogP) is 4.02. The molecular weight excluding hydrogens is 518 g/mol. The molecular formula is C29H33N3O6S. The SMILES string of the molecule is COc1ccc(CCNC(=O)c2ccccc2NC(=O)c2cc(S(=O)(=O)N3CCCC3)ccc2C)cc1OC. The van der Waals surface area contributed by atoms with Crippen LogP contribution < -0.4 is 20.1 Å². The van der Waals surface area contributed by atoms with Gasteiger partial charge < -0.3 is 20.1 Å². The van der Waals surface area contributed by atoms with Crippen molar-refractivity contribution in [1.82, 2.24) is 9.62 Å². The number of methoxy groups -OCH3 is 2. The topological polar surface area (TPSA) is 114 Å². The maximum Gasteiger partial charge on any atom is 0.255 e. The summed E-state index contributed by atoms with van der Waals surface area (Å²) in [4.78, 5) is 26.3. The van der Waals surface area contributed by atoms with Gasteiger partial charge in [-0.15, -0.1) is 0 Å². The van der Waals surface area contributed by atoms with Crippen molar-refractivity contribution in [2.24, 2.45) is 0 Å². The maximum absolute atomic E-state index is 13.2. The molecule has 0 aromatic heterocycles. The standard InChI is InChI=1S/C29H33N3O6S/c1-20-10-12-22(39(35,36)32-16-6-7-17-32)19-24(20)29(34)31-25-9-5-4-8-23(25)28(33)30-15-14-21-11-13-26(37-2)27(18-21)38-3/h4-5,8-13,18-19H,6-7,14-17H2,1-3H3,(H,30,33)(H,31,34). The smallest absolute Gasteiger partial charge is 0.255 e. The van der Waals surface area contributed by atoms with Gasteiger partial charge in [-0.3, -0.25) is 9.59 Å². The second-order valence-electron chi connectivity index (χ2n) is 9.28. The number of carbonyl (C=O) groups excluding carboxylic acids is 2. The Morgan fingerprint density at radius 3 is 2.31 bits per heavy atom. The number of sulfonamides is 1. The summed E-state index contributed by atoms with van der Waals surface area (Å²) in [7, 11) is -0.533. The fourth-order valence-electron chi connectivity index (χ4n) is 4.52. The zero-order valence-electron chi connectivity index (χ0n) is 22.3. The molecule has 1 saturated heterocycles. The Morgan fingerprint density at radius 2 is 1.59 bits per heavy atom. The minimum atomic E-state index is -3.67. The molecule has 0 aliphatic carbocycles. The van der Waals surface area contributed by atoms with E-state index in [0.29, 0.717) is 54.4 Å². The molecule has 206 valence electrons. The summed E-state index contributed by atoms with van der Waals surface area (Å²) >= 11 is 0. The summed E-state index contributed by atoms with van der Waals surface area (Å²) in [6.45, 7) is 3.07. The van der Waals surface area contributed by atoms with Crippen LogP contribution >= 0.6 is 0 Å². The van der Waals surface area contributed by atoms with Crippen LogP contribution in [0.15, 0.2) is 65.6 Å². The lowest BCUT2D eigenvalue weighted by atomic mass is 10.1. The van der Waals surface area contributed by atoms with Crippen LogP contribution in [0.3, 0.4) is 0 Å². The third kappa shape index (κ3) is 6.40. The molecule has 39 heavy (non-hydrogen) atoms. The highest BCUT2D eigenvalue weighted by atomic mass is 32.2. The van der Waals surface area contributed by atoms with Crippen LogP contribution in [0, 0.1) is 6.92 Å². The Bertz CT molecular complexity index is 1470. The van der Waals surface area contributed by atoms with Crippen molar-refractivity contribution in [1.29, 1.82) is 0 Å². The lowest BCUT2D eigenvalue weighted by Crippen LogP contribution is -2.28. The van der Waals surface area contributed by atoms with Crippen molar-refractivity contribution in [3.63, 3.8) is 0 Å². The number of hydrogen-bond acceptors (Lipinski definition) is 6. The number of ether oxygens (including phenoxy) is 2. The number of carbonyl (C=O) groups is 2. The first-order valence-corrected chi connectivity index (χ1v) is 14.2. The molecule has 0 unspecified atom stereocenters. The highest BCUT2D eigenvalue weighted by molar-refractivity contribution is 7.89. The van der Waals surface area contributed by atoms with Gasteiger partial charge in [0.1, 0.15) is 0 Å². The lowest BCUT2D eigenvalue weighted by molar-refractivity contribution is 0.0955. The minimum absolute atomic E-state index is 0.0846. The number of aryl methyl sites for hydroxylation is 1. The van der Waals surface area contributed by atoms with E-state index in [4.69, 9.17) is 9.47 Å². The predicted molar refractivity (Wildman–Crippen MR) is 149 cm³/mol. The van der Waals surface area contributed by atoms with E-state index >= 15 is 0 Å². The molecule has 1 aliphatic rings. The Hall–Kier alpha value is -3.89. The normalized spacial score (nSPS) is 13.6. The van der Waals surface area contributed by atoms with Gasteiger partial charge in [-0.2, -0.15) is 4.31 Å². The van der Waals surface area contributed by atoms with Crippen LogP contribution in [0.5, 0.6) is 11.5 Å². The first-order chi connectivity index (χ1) is 18.7. The van der Waals surface area contributed by atoms with Crippen molar-refractivity contribution >= 4 is 27.5 Å². The van der Waals surface area contributed by atoms with Crippen molar-refractivity contribution in [3.8, 4) is 11.5 Å². The van der Waals surface area contributed by atoms with Gasteiger partial charge in [0.2, 0.25) is 10.0 Å². The number of nitrogens with one attached hydrogen (secondary N) is 2. The molecule has 4 rings (SSSR count).